The van der Waals surface area contributed by atoms with Gasteiger partial charge < -0.3 is 9.47 Å². The van der Waals surface area contributed by atoms with Crippen molar-refractivity contribution in [1.29, 1.82) is 0 Å². The molecule has 0 rings (SSSR count). The summed E-state index contributed by atoms with van der Waals surface area (Å²) in [4.78, 5) is 24.0. The molecule has 0 N–H and O–H groups in total. The molecule has 0 aromatic carbocycles. The largest absolute Gasteiger partial charge is 0.466 e. The molecule has 0 saturated heterocycles. The predicted molar refractivity (Wildman–Crippen MR) is 158 cm³/mol. The number of esters is 2. The van der Waals surface area contributed by atoms with E-state index in [1.165, 1.54) is 64.2 Å². The van der Waals surface area contributed by atoms with Crippen LogP contribution in [-0.2, 0) is 19.1 Å². The molecule has 0 spiro atoms. The molecule has 37 heavy (non-hydrogen) atoms. The van der Waals surface area contributed by atoms with Crippen molar-refractivity contribution in [3.63, 3.8) is 0 Å². The number of rotatable bonds is 26. The van der Waals surface area contributed by atoms with Crippen LogP contribution < -0.4 is 0 Å². The van der Waals surface area contributed by atoms with Gasteiger partial charge in [0, 0.05) is 12.8 Å². The van der Waals surface area contributed by atoms with E-state index < -0.39 is 0 Å². The van der Waals surface area contributed by atoms with Crippen molar-refractivity contribution in [2.75, 3.05) is 13.2 Å². The fourth-order valence-corrected chi connectivity index (χ4v) is 4.79. The van der Waals surface area contributed by atoms with Gasteiger partial charge in [-0.15, -0.1) is 0 Å². The van der Waals surface area contributed by atoms with Crippen LogP contribution in [0.25, 0.3) is 0 Å². The van der Waals surface area contributed by atoms with Gasteiger partial charge in [0.2, 0.25) is 0 Å². The normalized spacial score (nSPS) is 12.5. The minimum absolute atomic E-state index is 0.00256. The number of ether oxygens (including phenoxy) is 2. The molecule has 4 heteroatoms. The molecule has 0 amide bonds. The van der Waals surface area contributed by atoms with Crippen molar-refractivity contribution < 1.29 is 19.1 Å². The Hall–Kier alpha value is -1.06. The molecule has 1 unspecified atom stereocenters. The van der Waals surface area contributed by atoms with Gasteiger partial charge in [-0.2, -0.15) is 0 Å². The van der Waals surface area contributed by atoms with Gasteiger partial charge in [0.1, 0.15) is 0 Å². The van der Waals surface area contributed by atoms with E-state index in [1.54, 1.807) is 0 Å². The van der Waals surface area contributed by atoms with Crippen molar-refractivity contribution in [3.8, 4) is 0 Å². The van der Waals surface area contributed by atoms with E-state index in [0.717, 1.165) is 56.8 Å². The molecule has 0 fully saturated rings. The van der Waals surface area contributed by atoms with Gasteiger partial charge in [-0.1, -0.05) is 112 Å². The van der Waals surface area contributed by atoms with Crippen molar-refractivity contribution in [3.05, 3.63) is 0 Å². The van der Waals surface area contributed by atoms with Crippen LogP contribution in [0.2, 0.25) is 0 Å². The van der Waals surface area contributed by atoms with E-state index >= 15 is 0 Å². The van der Waals surface area contributed by atoms with Gasteiger partial charge in [0.15, 0.2) is 0 Å². The first-order valence-electron chi connectivity index (χ1n) is 16.0. The maximum atomic E-state index is 12.2. The molecule has 4 nitrogen and oxygen atoms in total. The Labute approximate surface area is 231 Å². The summed E-state index contributed by atoms with van der Waals surface area (Å²) in [5, 5.41) is 0. The third-order valence-electron chi connectivity index (χ3n) is 7.46. The van der Waals surface area contributed by atoms with Crippen LogP contribution >= 0.6 is 0 Å². The molecule has 0 bridgehead atoms. The molecule has 0 heterocycles. The fraction of sp³-hybridized carbons (Fsp3) is 0.939. The van der Waals surface area contributed by atoms with Crippen LogP contribution in [0.3, 0.4) is 0 Å². The van der Waals surface area contributed by atoms with Crippen LogP contribution in [0.5, 0.6) is 0 Å². The molecule has 220 valence electrons. The Morgan fingerprint density at radius 3 is 1.35 bits per heavy atom. The SMILES string of the molecule is CC(C)CCCCOC(=O)CCCCCCCCCCCCC(CC(=O)OCCCCC(C)C)C(C)C. The average Bonchev–Trinajstić information content (AvgIpc) is 2.82. The highest BCUT2D eigenvalue weighted by atomic mass is 16.5. The van der Waals surface area contributed by atoms with Gasteiger partial charge in [0.25, 0.3) is 0 Å². The molecule has 0 aliphatic rings. The molecular weight excluding hydrogens is 460 g/mol. The van der Waals surface area contributed by atoms with E-state index in [-0.39, 0.29) is 11.9 Å². The predicted octanol–water partition coefficient (Wildman–Crippen LogP) is 10.1. The van der Waals surface area contributed by atoms with Crippen LogP contribution in [0.1, 0.15) is 164 Å². The number of carbonyl (C=O) groups is 2. The zero-order chi connectivity index (χ0) is 27.7. The first kappa shape index (κ1) is 35.9. The Balaban J connectivity index is 3.56. The van der Waals surface area contributed by atoms with Crippen LogP contribution in [0.15, 0.2) is 0 Å². The van der Waals surface area contributed by atoms with Gasteiger partial charge in [-0.25, -0.2) is 0 Å². The lowest BCUT2D eigenvalue weighted by Gasteiger charge is -2.20. The maximum Gasteiger partial charge on any atom is 0.306 e. The Morgan fingerprint density at radius 1 is 0.486 bits per heavy atom. The molecule has 1 atom stereocenters. The minimum atomic E-state index is -0.0155. The molecule has 0 aromatic rings. The first-order chi connectivity index (χ1) is 17.7. The van der Waals surface area contributed by atoms with E-state index in [2.05, 4.69) is 41.5 Å². The van der Waals surface area contributed by atoms with E-state index in [9.17, 15) is 9.59 Å². The number of carbonyl (C=O) groups excluding carboxylic acids is 2. The van der Waals surface area contributed by atoms with Crippen molar-refractivity contribution in [1.82, 2.24) is 0 Å². The standard InChI is InChI=1S/C33H64O4/c1-28(2)21-17-19-25-36-32(34)24-16-14-12-10-8-7-9-11-13-15-23-31(30(5)6)27-33(35)37-26-20-18-22-29(3)4/h28-31H,7-27H2,1-6H3. The molecule has 0 aromatic heterocycles. The highest BCUT2D eigenvalue weighted by Crippen LogP contribution is 2.24. The van der Waals surface area contributed by atoms with E-state index in [0.29, 0.717) is 37.9 Å². The lowest BCUT2D eigenvalue weighted by Crippen LogP contribution is -2.17. The highest BCUT2D eigenvalue weighted by molar-refractivity contribution is 5.69. The smallest absolute Gasteiger partial charge is 0.306 e. The molecular formula is C33H64O4. The zero-order valence-corrected chi connectivity index (χ0v) is 25.8. The Morgan fingerprint density at radius 2 is 0.892 bits per heavy atom. The maximum absolute atomic E-state index is 12.2. The van der Waals surface area contributed by atoms with Crippen molar-refractivity contribution in [2.45, 2.75) is 164 Å². The molecule has 0 aliphatic carbocycles. The summed E-state index contributed by atoms with van der Waals surface area (Å²) in [6.07, 6.45) is 21.3. The molecule has 0 saturated carbocycles. The van der Waals surface area contributed by atoms with Crippen LogP contribution in [0.4, 0.5) is 0 Å². The summed E-state index contributed by atoms with van der Waals surface area (Å²) in [5.74, 6) is 2.42. The van der Waals surface area contributed by atoms with Crippen LogP contribution in [0, 0.1) is 23.7 Å². The fourth-order valence-electron chi connectivity index (χ4n) is 4.79. The lowest BCUT2D eigenvalue weighted by atomic mass is 9.87. The highest BCUT2D eigenvalue weighted by Gasteiger charge is 2.18. The summed E-state index contributed by atoms with van der Waals surface area (Å²) < 4.78 is 10.8. The van der Waals surface area contributed by atoms with Gasteiger partial charge in [-0.05, 0) is 62.2 Å². The summed E-state index contributed by atoms with van der Waals surface area (Å²) in [5.41, 5.74) is 0. The quantitative estimate of drug-likeness (QED) is 0.0834. The number of hydrogen-bond donors (Lipinski definition) is 0. The average molecular weight is 525 g/mol. The minimum Gasteiger partial charge on any atom is -0.466 e. The number of unbranched alkanes of at least 4 members (excludes halogenated alkanes) is 11. The summed E-state index contributed by atoms with van der Waals surface area (Å²) in [6, 6.07) is 0. The molecule has 0 radical (unpaired) electrons. The zero-order valence-electron chi connectivity index (χ0n) is 25.8. The Kier molecular flexibility index (Phi) is 24.5. The lowest BCUT2D eigenvalue weighted by molar-refractivity contribution is -0.145. The van der Waals surface area contributed by atoms with Crippen LogP contribution in [-0.4, -0.2) is 25.2 Å². The second kappa shape index (κ2) is 25.2. The second-order valence-electron chi connectivity index (χ2n) is 12.5. The van der Waals surface area contributed by atoms with E-state index in [1.807, 2.05) is 0 Å². The summed E-state index contributed by atoms with van der Waals surface area (Å²) in [7, 11) is 0. The topological polar surface area (TPSA) is 52.6 Å². The van der Waals surface area contributed by atoms with Crippen molar-refractivity contribution in [2.24, 2.45) is 23.7 Å². The van der Waals surface area contributed by atoms with E-state index in [4.69, 9.17) is 9.47 Å². The Bertz CT molecular complexity index is 526. The second-order valence-corrected chi connectivity index (χ2v) is 12.5. The first-order valence-corrected chi connectivity index (χ1v) is 16.0. The third kappa shape index (κ3) is 26.3. The monoisotopic (exact) mass is 524 g/mol. The van der Waals surface area contributed by atoms with Gasteiger partial charge >= 0.3 is 11.9 Å². The van der Waals surface area contributed by atoms with Gasteiger partial charge in [-0.3, -0.25) is 9.59 Å². The summed E-state index contributed by atoms with van der Waals surface area (Å²) in [6.45, 7) is 14.6. The number of hydrogen-bond acceptors (Lipinski definition) is 4. The summed E-state index contributed by atoms with van der Waals surface area (Å²) >= 11 is 0. The van der Waals surface area contributed by atoms with Crippen molar-refractivity contribution >= 4 is 11.9 Å². The van der Waals surface area contributed by atoms with Gasteiger partial charge in [0.05, 0.1) is 13.2 Å². The third-order valence-corrected chi connectivity index (χ3v) is 7.46. The molecule has 0 aliphatic heterocycles.